The molecule has 0 aromatic carbocycles. The number of aromatic nitrogens is 2. The van der Waals surface area contributed by atoms with Crippen LogP contribution in [0, 0.1) is 0 Å². The minimum absolute atomic E-state index is 0.308. The number of aromatic amines is 1. The lowest BCUT2D eigenvalue weighted by atomic mass is 9.91. The molecule has 1 saturated heterocycles. The van der Waals surface area contributed by atoms with Crippen LogP contribution in [0.15, 0.2) is 48.6 Å². The highest BCUT2D eigenvalue weighted by atomic mass is 14.9. The normalized spacial score (nSPS) is 22.2. The standard InChI is InChI=1S/C15H17N3/c1-4-14(11-16-6-1)15-13(3-2-7-18-15)9-12-5-8-17-10-12/h1,4-6,8-11,15,17-18H,2-3,7H2/b13-9+. The van der Waals surface area contributed by atoms with Gasteiger partial charge in [0.1, 0.15) is 0 Å². The van der Waals surface area contributed by atoms with Gasteiger partial charge in [-0.1, -0.05) is 12.1 Å². The number of rotatable bonds is 2. The first-order chi connectivity index (χ1) is 8.93. The first-order valence-electron chi connectivity index (χ1n) is 6.40. The Bertz CT molecular complexity index is 514. The van der Waals surface area contributed by atoms with Crippen LogP contribution < -0.4 is 5.32 Å². The van der Waals surface area contributed by atoms with E-state index in [0.29, 0.717) is 6.04 Å². The van der Waals surface area contributed by atoms with E-state index in [1.165, 1.54) is 23.1 Å². The summed E-state index contributed by atoms with van der Waals surface area (Å²) in [5.74, 6) is 0. The van der Waals surface area contributed by atoms with Gasteiger partial charge in [-0.15, -0.1) is 0 Å². The molecule has 3 nitrogen and oxygen atoms in total. The zero-order valence-electron chi connectivity index (χ0n) is 10.3. The fraction of sp³-hybridized carbons (Fsp3) is 0.267. The van der Waals surface area contributed by atoms with Gasteiger partial charge in [-0.3, -0.25) is 4.98 Å². The highest BCUT2D eigenvalue weighted by molar-refractivity contribution is 5.54. The molecule has 1 aliphatic heterocycles. The lowest BCUT2D eigenvalue weighted by Gasteiger charge is -2.27. The van der Waals surface area contributed by atoms with Gasteiger partial charge in [-0.05, 0) is 48.2 Å². The Hall–Kier alpha value is -1.87. The van der Waals surface area contributed by atoms with E-state index in [2.05, 4.69) is 33.5 Å². The van der Waals surface area contributed by atoms with Crippen LogP contribution in [0.5, 0.6) is 0 Å². The van der Waals surface area contributed by atoms with Crippen molar-refractivity contribution in [2.75, 3.05) is 6.54 Å². The van der Waals surface area contributed by atoms with Crippen molar-refractivity contribution in [2.45, 2.75) is 18.9 Å². The number of pyridine rings is 1. The Morgan fingerprint density at radius 1 is 1.33 bits per heavy atom. The molecular formula is C15H17N3. The van der Waals surface area contributed by atoms with E-state index in [0.717, 1.165) is 13.0 Å². The molecule has 1 fully saturated rings. The third-order valence-electron chi connectivity index (χ3n) is 3.35. The molecule has 0 amide bonds. The van der Waals surface area contributed by atoms with Crippen molar-refractivity contribution in [3.8, 4) is 0 Å². The number of piperidine rings is 1. The van der Waals surface area contributed by atoms with Gasteiger partial charge in [0.05, 0.1) is 6.04 Å². The van der Waals surface area contributed by atoms with Crippen LogP contribution in [0.2, 0.25) is 0 Å². The predicted octanol–water partition coefficient (Wildman–Crippen LogP) is 2.92. The molecule has 0 saturated carbocycles. The molecule has 3 rings (SSSR count). The Balaban J connectivity index is 1.91. The highest BCUT2D eigenvalue weighted by Crippen LogP contribution is 2.29. The molecule has 3 heterocycles. The number of nitrogens with zero attached hydrogens (tertiary/aromatic N) is 1. The van der Waals surface area contributed by atoms with Gasteiger partial charge >= 0.3 is 0 Å². The van der Waals surface area contributed by atoms with Crippen LogP contribution in [-0.2, 0) is 0 Å². The Morgan fingerprint density at radius 2 is 2.33 bits per heavy atom. The zero-order chi connectivity index (χ0) is 12.2. The van der Waals surface area contributed by atoms with E-state index < -0.39 is 0 Å². The summed E-state index contributed by atoms with van der Waals surface area (Å²) in [5.41, 5.74) is 3.93. The molecule has 2 aromatic heterocycles. The van der Waals surface area contributed by atoms with Crippen molar-refractivity contribution in [3.05, 3.63) is 59.7 Å². The van der Waals surface area contributed by atoms with Gasteiger partial charge in [-0.2, -0.15) is 0 Å². The maximum Gasteiger partial charge on any atom is 0.0554 e. The number of nitrogens with one attached hydrogen (secondary N) is 2. The average molecular weight is 239 g/mol. The molecule has 0 spiro atoms. The van der Waals surface area contributed by atoms with Crippen LogP contribution in [0.1, 0.15) is 30.0 Å². The average Bonchev–Trinajstić information content (AvgIpc) is 2.93. The van der Waals surface area contributed by atoms with E-state index >= 15 is 0 Å². The fourth-order valence-corrected chi connectivity index (χ4v) is 2.49. The lowest BCUT2D eigenvalue weighted by molar-refractivity contribution is 0.508. The van der Waals surface area contributed by atoms with Crippen LogP contribution in [-0.4, -0.2) is 16.5 Å². The highest BCUT2D eigenvalue weighted by Gasteiger charge is 2.19. The summed E-state index contributed by atoms with van der Waals surface area (Å²) < 4.78 is 0. The van der Waals surface area contributed by atoms with Crippen molar-refractivity contribution in [2.24, 2.45) is 0 Å². The van der Waals surface area contributed by atoms with Crippen molar-refractivity contribution >= 4 is 6.08 Å². The topological polar surface area (TPSA) is 40.7 Å². The van der Waals surface area contributed by atoms with Gasteiger partial charge in [0.15, 0.2) is 0 Å². The summed E-state index contributed by atoms with van der Waals surface area (Å²) in [6.07, 6.45) is 12.4. The molecule has 1 atom stereocenters. The first-order valence-corrected chi connectivity index (χ1v) is 6.40. The van der Waals surface area contributed by atoms with E-state index in [1.807, 2.05) is 30.9 Å². The Labute approximate surface area is 107 Å². The van der Waals surface area contributed by atoms with Gasteiger partial charge in [-0.25, -0.2) is 0 Å². The van der Waals surface area contributed by atoms with Crippen molar-refractivity contribution in [1.82, 2.24) is 15.3 Å². The predicted molar refractivity (Wildman–Crippen MR) is 73.0 cm³/mol. The van der Waals surface area contributed by atoms with Gasteiger partial charge < -0.3 is 10.3 Å². The molecule has 1 unspecified atom stereocenters. The second-order valence-electron chi connectivity index (χ2n) is 4.64. The lowest BCUT2D eigenvalue weighted by Crippen LogP contribution is -2.28. The molecule has 2 N–H and O–H groups in total. The van der Waals surface area contributed by atoms with E-state index in [9.17, 15) is 0 Å². The maximum atomic E-state index is 4.22. The quantitative estimate of drug-likeness (QED) is 0.846. The Morgan fingerprint density at radius 3 is 3.11 bits per heavy atom. The minimum Gasteiger partial charge on any atom is -0.367 e. The van der Waals surface area contributed by atoms with E-state index in [1.54, 1.807) is 0 Å². The van der Waals surface area contributed by atoms with Crippen LogP contribution in [0.4, 0.5) is 0 Å². The molecule has 0 aliphatic carbocycles. The third-order valence-corrected chi connectivity index (χ3v) is 3.35. The zero-order valence-corrected chi connectivity index (χ0v) is 10.3. The number of hydrogen-bond acceptors (Lipinski definition) is 2. The second-order valence-corrected chi connectivity index (χ2v) is 4.64. The maximum absolute atomic E-state index is 4.22. The summed E-state index contributed by atoms with van der Waals surface area (Å²) in [5, 5.41) is 3.58. The summed E-state index contributed by atoms with van der Waals surface area (Å²) >= 11 is 0. The number of H-pyrrole nitrogens is 1. The smallest absolute Gasteiger partial charge is 0.0554 e. The molecular weight excluding hydrogens is 222 g/mol. The van der Waals surface area contributed by atoms with Crippen molar-refractivity contribution < 1.29 is 0 Å². The molecule has 92 valence electrons. The summed E-state index contributed by atoms with van der Waals surface area (Å²) in [6, 6.07) is 6.55. The van der Waals surface area contributed by atoms with Crippen molar-refractivity contribution in [3.63, 3.8) is 0 Å². The van der Waals surface area contributed by atoms with E-state index in [-0.39, 0.29) is 0 Å². The summed E-state index contributed by atoms with van der Waals surface area (Å²) in [7, 11) is 0. The number of hydrogen-bond donors (Lipinski definition) is 2. The first kappa shape index (κ1) is 11.2. The molecule has 18 heavy (non-hydrogen) atoms. The largest absolute Gasteiger partial charge is 0.367 e. The van der Waals surface area contributed by atoms with E-state index in [4.69, 9.17) is 0 Å². The molecule has 3 heteroatoms. The fourth-order valence-electron chi connectivity index (χ4n) is 2.49. The molecule has 1 aliphatic rings. The van der Waals surface area contributed by atoms with Crippen LogP contribution in [0.3, 0.4) is 0 Å². The Kier molecular flexibility index (Phi) is 3.24. The van der Waals surface area contributed by atoms with Gasteiger partial charge in [0.2, 0.25) is 0 Å². The third kappa shape index (κ3) is 2.36. The van der Waals surface area contributed by atoms with Crippen LogP contribution >= 0.6 is 0 Å². The SMILES string of the molecule is C(=C1/CCCNC1c1cccnc1)/c1cc[nH]c1. The van der Waals surface area contributed by atoms with Gasteiger partial charge in [0, 0.05) is 24.8 Å². The van der Waals surface area contributed by atoms with Gasteiger partial charge in [0.25, 0.3) is 0 Å². The van der Waals surface area contributed by atoms with Crippen LogP contribution in [0.25, 0.3) is 6.08 Å². The molecule has 2 aromatic rings. The molecule has 0 radical (unpaired) electrons. The summed E-state index contributed by atoms with van der Waals surface area (Å²) in [6.45, 7) is 1.07. The molecule has 0 bridgehead atoms. The summed E-state index contributed by atoms with van der Waals surface area (Å²) in [4.78, 5) is 7.31. The second kappa shape index (κ2) is 5.19. The minimum atomic E-state index is 0.308. The monoisotopic (exact) mass is 239 g/mol. The van der Waals surface area contributed by atoms with Crippen molar-refractivity contribution in [1.29, 1.82) is 0 Å².